The van der Waals surface area contributed by atoms with Gasteiger partial charge >= 0.3 is 0 Å². The molecule has 1 saturated heterocycles. The van der Waals surface area contributed by atoms with E-state index in [1.807, 2.05) is 0 Å². The van der Waals surface area contributed by atoms with Crippen LogP contribution in [0.4, 0.5) is 5.82 Å². The molecule has 1 aliphatic heterocycles. The van der Waals surface area contributed by atoms with Crippen molar-refractivity contribution in [2.45, 2.75) is 0 Å². The SMILES string of the molecule is N#Cc1ccnc(N2CCN(C(=O)c3ccc(O)c(Cl)c3)CC2)c1. The number of phenolic OH excluding ortho intramolecular Hbond substituents is 1. The van der Waals surface area contributed by atoms with Gasteiger partial charge in [-0.3, -0.25) is 4.79 Å². The minimum Gasteiger partial charge on any atom is -0.506 e. The average molecular weight is 343 g/mol. The third-order valence-corrected chi connectivity index (χ3v) is 4.26. The van der Waals surface area contributed by atoms with Crippen molar-refractivity contribution in [3.63, 3.8) is 0 Å². The van der Waals surface area contributed by atoms with Gasteiger partial charge in [0.15, 0.2) is 0 Å². The number of carbonyl (C=O) groups excluding carboxylic acids is 1. The Balaban J connectivity index is 1.67. The molecule has 1 aromatic heterocycles. The van der Waals surface area contributed by atoms with Crippen molar-refractivity contribution in [3.05, 3.63) is 52.7 Å². The Hall–Kier alpha value is -2.78. The minimum atomic E-state index is -0.115. The van der Waals surface area contributed by atoms with Crippen molar-refractivity contribution >= 4 is 23.3 Å². The molecule has 0 unspecified atom stereocenters. The van der Waals surface area contributed by atoms with Gasteiger partial charge in [-0.25, -0.2) is 4.98 Å². The van der Waals surface area contributed by atoms with Crippen LogP contribution < -0.4 is 4.90 Å². The van der Waals surface area contributed by atoms with Crippen LogP contribution in [0.1, 0.15) is 15.9 Å². The molecule has 0 saturated carbocycles. The van der Waals surface area contributed by atoms with Gasteiger partial charge in [0, 0.05) is 37.9 Å². The summed E-state index contributed by atoms with van der Waals surface area (Å²) in [5.41, 5.74) is 1.02. The molecule has 2 heterocycles. The zero-order valence-electron chi connectivity index (χ0n) is 12.8. The summed E-state index contributed by atoms with van der Waals surface area (Å²) in [4.78, 5) is 20.6. The first-order chi connectivity index (χ1) is 11.6. The maximum atomic E-state index is 12.5. The summed E-state index contributed by atoms with van der Waals surface area (Å²) in [6.07, 6.45) is 1.61. The van der Waals surface area contributed by atoms with Crippen molar-refractivity contribution in [1.29, 1.82) is 5.26 Å². The van der Waals surface area contributed by atoms with Crippen LogP contribution in [0.25, 0.3) is 0 Å². The average Bonchev–Trinajstić information content (AvgIpc) is 2.63. The fourth-order valence-electron chi connectivity index (χ4n) is 2.62. The first kappa shape index (κ1) is 16.1. The van der Waals surface area contributed by atoms with E-state index in [1.54, 1.807) is 29.3 Å². The minimum absolute atomic E-state index is 0.0403. The smallest absolute Gasteiger partial charge is 0.254 e. The van der Waals surface area contributed by atoms with Gasteiger partial charge in [0.05, 0.1) is 16.7 Å². The third kappa shape index (κ3) is 3.26. The molecule has 0 bridgehead atoms. The first-order valence-corrected chi connectivity index (χ1v) is 7.85. The van der Waals surface area contributed by atoms with Crippen LogP contribution in [0.15, 0.2) is 36.5 Å². The molecule has 0 radical (unpaired) electrons. The summed E-state index contributed by atoms with van der Waals surface area (Å²) in [5, 5.41) is 18.6. The van der Waals surface area contributed by atoms with E-state index in [0.717, 1.165) is 5.82 Å². The second-order valence-corrected chi connectivity index (χ2v) is 5.87. The Bertz CT molecular complexity index is 810. The van der Waals surface area contributed by atoms with Crippen LogP contribution in [0, 0.1) is 11.3 Å². The maximum absolute atomic E-state index is 12.5. The van der Waals surface area contributed by atoms with Crippen molar-refractivity contribution in [1.82, 2.24) is 9.88 Å². The maximum Gasteiger partial charge on any atom is 0.254 e. The second kappa shape index (κ2) is 6.77. The van der Waals surface area contributed by atoms with E-state index in [4.69, 9.17) is 16.9 Å². The monoisotopic (exact) mass is 342 g/mol. The largest absolute Gasteiger partial charge is 0.506 e. The second-order valence-electron chi connectivity index (χ2n) is 5.46. The highest BCUT2D eigenvalue weighted by molar-refractivity contribution is 6.32. The number of amides is 1. The van der Waals surface area contributed by atoms with Gasteiger partial charge in [-0.15, -0.1) is 0 Å². The van der Waals surface area contributed by atoms with Crippen LogP contribution in [-0.4, -0.2) is 47.1 Å². The standard InChI is InChI=1S/C17H15ClN4O2/c18-14-10-13(1-2-15(14)23)17(24)22-7-5-21(6-8-22)16-9-12(11-19)3-4-20-16/h1-4,9-10,23H,5-8H2. The van der Waals surface area contributed by atoms with E-state index in [1.165, 1.54) is 12.1 Å². The first-order valence-electron chi connectivity index (χ1n) is 7.47. The summed E-state index contributed by atoms with van der Waals surface area (Å²) in [7, 11) is 0. The van der Waals surface area contributed by atoms with Crippen molar-refractivity contribution in [2.24, 2.45) is 0 Å². The molecular weight excluding hydrogens is 328 g/mol. The van der Waals surface area contributed by atoms with Crippen LogP contribution in [0.3, 0.4) is 0 Å². The normalized spacial score (nSPS) is 14.3. The molecule has 122 valence electrons. The number of benzene rings is 1. The summed E-state index contributed by atoms with van der Waals surface area (Å²) in [6.45, 7) is 2.38. The summed E-state index contributed by atoms with van der Waals surface area (Å²) >= 11 is 5.87. The third-order valence-electron chi connectivity index (χ3n) is 3.96. The molecule has 0 atom stereocenters. The van der Waals surface area contributed by atoms with Gasteiger partial charge in [0.2, 0.25) is 0 Å². The molecule has 1 amide bonds. The number of anilines is 1. The van der Waals surface area contributed by atoms with Gasteiger partial charge < -0.3 is 14.9 Å². The van der Waals surface area contributed by atoms with Crippen molar-refractivity contribution < 1.29 is 9.90 Å². The highest BCUT2D eigenvalue weighted by Gasteiger charge is 2.23. The molecule has 6 nitrogen and oxygen atoms in total. The van der Waals surface area contributed by atoms with Crippen LogP contribution in [0.5, 0.6) is 5.75 Å². The zero-order valence-corrected chi connectivity index (χ0v) is 13.6. The van der Waals surface area contributed by atoms with E-state index in [2.05, 4.69) is 16.0 Å². The highest BCUT2D eigenvalue weighted by Crippen LogP contribution is 2.24. The number of rotatable bonds is 2. The lowest BCUT2D eigenvalue weighted by Gasteiger charge is -2.35. The molecule has 2 aromatic rings. The Labute approximate surface area is 144 Å². The number of piperazine rings is 1. The molecule has 1 fully saturated rings. The number of halogens is 1. The number of phenols is 1. The van der Waals surface area contributed by atoms with E-state index in [9.17, 15) is 9.90 Å². The van der Waals surface area contributed by atoms with Crippen LogP contribution in [-0.2, 0) is 0 Å². The number of aromatic hydroxyl groups is 1. The Morgan fingerprint density at radius 2 is 1.96 bits per heavy atom. The van der Waals surface area contributed by atoms with Gasteiger partial charge in [-0.05, 0) is 30.3 Å². The van der Waals surface area contributed by atoms with E-state index in [-0.39, 0.29) is 16.7 Å². The number of hydrogen-bond donors (Lipinski definition) is 1. The van der Waals surface area contributed by atoms with Crippen LogP contribution in [0.2, 0.25) is 5.02 Å². The molecule has 24 heavy (non-hydrogen) atoms. The molecule has 1 aliphatic rings. The van der Waals surface area contributed by atoms with Crippen molar-refractivity contribution in [2.75, 3.05) is 31.1 Å². The molecule has 1 N–H and O–H groups in total. The Morgan fingerprint density at radius 3 is 2.62 bits per heavy atom. The molecule has 1 aromatic carbocycles. The molecule has 0 spiro atoms. The zero-order chi connectivity index (χ0) is 17.1. The summed E-state index contributed by atoms with van der Waals surface area (Å²) in [6, 6.07) is 9.97. The number of hydrogen-bond acceptors (Lipinski definition) is 5. The highest BCUT2D eigenvalue weighted by atomic mass is 35.5. The van der Waals surface area contributed by atoms with Gasteiger partial charge in [0.25, 0.3) is 5.91 Å². The van der Waals surface area contributed by atoms with Crippen molar-refractivity contribution in [3.8, 4) is 11.8 Å². The summed E-state index contributed by atoms with van der Waals surface area (Å²) in [5.74, 6) is 0.589. The van der Waals surface area contributed by atoms with Gasteiger partial charge in [0.1, 0.15) is 11.6 Å². The van der Waals surface area contributed by atoms with Crippen LogP contribution >= 0.6 is 11.6 Å². The lowest BCUT2D eigenvalue weighted by molar-refractivity contribution is 0.0746. The van der Waals surface area contributed by atoms with Gasteiger partial charge in [-0.2, -0.15) is 5.26 Å². The molecule has 3 rings (SSSR count). The Morgan fingerprint density at radius 1 is 1.21 bits per heavy atom. The quantitative estimate of drug-likeness (QED) is 0.905. The van der Waals surface area contributed by atoms with E-state index in [0.29, 0.717) is 37.3 Å². The summed E-state index contributed by atoms with van der Waals surface area (Å²) < 4.78 is 0. The number of pyridine rings is 1. The topological polar surface area (TPSA) is 80.5 Å². The fraction of sp³-hybridized carbons (Fsp3) is 0.235. The number of nitrogens with zero attached hydrogens (tertiary/aromatic N) is 4. The van der Waals surface area contributed by atoms with E-state index < -0.39 is 0 Å². The number of carbonyl (C=O) groups is 1. The van der Waals surface area contributed by atoms with E-state index >= 15 is 0 Å². The lowest BCUT2D eigenvalue weighted by atomic mass is 10.1. The predicted molar refractivity (Wildman–Crippen MR) is 90.2 cm³/mol. The lowest BCUT2D eigenvalue weighted by Crippen LogP contribution is -2.49. The molecular formula is C17H15ClN4O2. The predicted octanol–water partition coefficient (Wildman–Crippen LogP) is 2.27. The number of nitriles is 1. The van der Waals surface area contributed by atoms with Gasteiger partial charge in [-0.1, -0.05) is 11.6 Å². The molecule has 7 heteroatoms. The number of aromatic nitrogens is 1. The molecule has 0 aliphatic carbocycles. The fourth-order valence-corrected chi connectivity index (χ4v) is 2.80. The Kier molecular flexibility index (Phi) is 4.54.